The number of aryl methyl sites for hydroxylation is 1. The molecule has 2 aromatic rings. The number of nitrogens with zero attached hydrogens (tertiary/aromatic N) is 4. The maximum atomic E-state index is 11.0. The van der Waals surface area contributed by atoms with Gasteiger partial charge < -0.3 is 4.74 Å². The average Bonchev–Trinajstić information content (AvgIpc) is 2.92. The van der Waals surface area contributed by atoms with E-state index >= 15 is 0 Å². The molecule has 0 bridgehead atoms. The van der Waals surface area contributed by atoms with Crippen molar-refractivity contribution in [2.24, 2.45) is 0 Å². The summed E-state index contributed by atoms with van der Waals surface area (Å²) >= 11 is 5.63. The van der Waals surface area contributed by atoms with Crippen LogP contribution in [0.1, 0.15) is 17.7 Å². The Balaban J connectivity index is 2.14. The number of halogens is 1. The van der Waals surface area contributed by atoms with Crippen LogP contribution in [0.4, 0.5) is 5.69 Å². The van der Waals surface area contributed by atoms with Crippen molar-refractivity contribution in [3.8, 4) is 5.75 Å². The molecule has 0 atom stereocenters. The summed E-state index contributed by atoms with van der Waals surface area (Å²) in [7, 11) is 1.41. The number of nitro groups is 1. The summed E-state index contributed by atoms with van der Waals surface area (Å²) in [6.07, 6.45) is 3.43. The Kier molecular flexibility index (Phi) is 5.10. The first kappa shape index (κ1) is 15.2. The molecule has 7 nitrogen and oxygen atoms in total. The molecule has 0 aliphatic heterocycles. The van der Waals surface area contributed by atoms with Gasteiger partial charge >= 0.3 is 5.69 Å². The molecule has 0 radical (unpaired) electrons. The van der Waals surface area contributed by atoms with E-state index in [4.69, 9.17) is 16.3 Å². The summed E-state index contributed by atoms with van der Waals surface area (Å²) in [5.41, 5.74) is 1.56. The highest BCUT2D eigenvalue weighted by Crippen LogP contribution is 2.27. The Bertz CT molecular complexity index is 630. The van der Waals surface area contributed by atoms with Crippen LogP contribution in [0.5, 0.6) is 5.75 Å². The second kappa shape index (κ2) is 7.03. The van der Waals surface area contributed by atoms with Crippen molar-refractivity contribution >= 4 is 17.3 Å². The third-order valence-electron chi connectivity index (χ3n) is 2.94. The number of hydrogen-bond donors (Lipinski definition) is 0. The Hall–Kier alpha value is -2.15. The molecule has 0 unspecified atom stereocenters. The molecule has 1 aromatic carbocycles. The van der Waals surface area contributed by atoms with E-state index in [9.17, 15) is 10.1 Å². The zero-order valence-electron chi connectivity index (χ0n) is 11.5. The second-order valence-electron chi connectivity index (χ2n) is 4.46. The molecule has 8 heteroatoms. The zero-order chi connectivity index (χ0) is 15.2. The van der Waals surface area contributed by atoms with Crippen LogP contribution in [0.15, 0.2) is 24.4 Å². The molecule has 2 rings (SSSR count). The van der Waals surface area contributed by atoms with Crippen molar-refractivity contribution in [2.45, 2.75) is 19.4 Å². The number of nitro benzene ring substituents is 1. The summed E-state index contributed by atoms with van der Waals surface area (Å²) in [6, 6.07) is 4.84. The topological polar surface area (TPSA) is 83.1 Å². The number of aromatic nitrogens is 3. The van der Waals surface area contributed by atoms with Crippen molar-refractivity contribution in [1.29, 1.82) is 0 Å². The molecular formula is C13H15ClN4O3. The molecule has 21 heavy (non-hydrogen) atoms. The molecule has 0 fully saturated rings. The zero-order valence-corrected chi connectivity index (χ0v) is 12.3. The number of hydrogen-bond acceptors (Lipinski definition) is 5. The van der Waals surface area contributed by atoms with E-state index in [-0.39, 0.29) is 11.4 Å². The first-order chi connectivity index (χ1) is 10.1. The molecule has 0 amide bonds. The summed E-state index contributed by atoms with van der Waals surface area (Å²) in [5.74, 6) is 0.822. The SMILES string of the molecule is COc1ccc(Cn2cc(CCCCl)nn2)cc1[N+](=O)[O-]. The number of methoxy groups -OCH3 is 1. The normalized spacial score (nSPS) is 10.6. The van der Waals surface area contributed by atoms with E-state index in [1.165, 1.54) is 13.2 Å². The van der Waals surface area contributed by atoms with Crippen molar-refractivity contribution in [3.63, 3.8) is 0 Å². The molecule has 0 saturated heterocycles. The number of benzene rings is 1. The molecule has 0 N–H and O–H groups in total. The van der Waals surface area contributed by atoms with Crippen LogP contribution < -0.4 is 4.74 Å². The standard InChI is InChI=1S/C13H15ClN4O3/c1-21-13-5-4-10(7-12(13)18(19)20)8-17-9-11(15-16-17)3-2-6-14/h4-5,7,9H,2-3,6,8H2,1H3. The van der Waals surface area contributed by atoms with E-state index in [1.807, 2.05) is 6.20 Å². The van der Waals surface area contributed by atoms with E-state index in [2.05, 4.69) is 10.3 Å². The van der Waals surface area contributed by atoms with Crippen molar-refractivity contribution in [1.82, 2.24) is 15.0 Å². The Morgan fingerprint density at radius 3 is 2.95 bits per heavy atom. The second-order valence-corrected chi connectivity index (χ2v) is 4.84. The molecule has 0 saturated carbocycles. The Labute approximate surface area is 126 Å². The van der Waals surface area contributed by atoms with Gasteiger partial charge in [-0.25, -0.2) is 4.68 Å². The summed E-state index contributed by atoms with van der Waals surface area (Å²) < 4.78 is 6.62. The maximum absolute atomic E-state index is 11.0. The maximum Gasteiger partial charge on any atom is 0.311 e. The lowest BCUT2D eigenvalue weighted by atomic mass is 10.2. The lowest BCUT2D eigenvalue weighted by Crippen LogP contribution is -2.02. The lowest BCUT2D eigenvalue weighted by molar-refractivity contribution is -0.385. The highest BCUT2D eigenvalue weighted by molar-refractivity contribution is 6.17. The fraction of sp³-hybridized carbons (Fsp3) is 0.385. The van der Waals surface area contributed by atoms with Gasteiger partial charge in [0, 0.05) is 18.1 Å². The predicted molar refractivity (Wildman–Crippen MR) is 77.8 cm³/mol. The van der Waals surface area contributed by atoms with Gasteiger partial charge in [0.2, 0.25) is 0 Å². The molecule has 1 heterocycles. The van der Waals surface area contributed by atoms with Crippen molar-refractivity contribution in [3.05, 3.63) is 45.8 Å². The van der Waals surface area contributed by atoms with Gasteiger partial charge in [-0.05, 0) is 24.5 Å². The molecule has 1 aromatic heterocycles. The van der Waals surface area contributed by atoms with Gasteiger partial charge in [-0.1, -0.05) is 11.3 Å². The predicted octanol–water partition coefficient (Wildman–Crippen LogP) is 2.41. The quantitative estimate of drug-likeness (QED) is 0.445. The average molecular weight is 311 g/mol. The van der Waals surface area contributed by atoms with Crippen LogP contribution in [0, 0.1) is 10.1 Å². The van der Waals surface area contributed by atoms with Crippen LogP contribution in [0.25, 0.3) is 0 Å². The van der Waals surface area contributed by atoms with Crippen molar-refractivity contribution in [2.75, 3.05) is 13.0 Å². The smallest absolute Gasteiger partial charge is 0.311 e. The largest absolute Gasteiger partial charge is 0.490 e. The summed E-state index contributed by atoms with van der Waals surface area (Å²) in [4.78, 5) is 10.5. The van der Waals surface area contributed by atoms with Gasteiger partial charge in [0.1, 0.15) is 0 Å². The van der Waals surface area contributed by atoms with Gasteiger partial charge in [0.15, 0.2) is 5.75 Å². The third kappa shape index (κ3) is 3.91. The minimum atomic E-state index is -0.463. The summed E-state index contributed by atoms with van der Waals surface area (Å²) in [5, 5.41) is 19.0. The van der Waals surface area contributed by atoms with Crippen LogP contribution in [-0.4, -0.2) is 32.9 Å². The van der Waals surface area contributed by atoms with Gasteiger partial charge in [0.05, 0.1) is 24.3 Å². The minimum absolute atomic E-state index is 0.0579. The van der Waals surface area contributed by atoms with Crippen LogP contribution >= 0.6 is 11.6 Å². The fourth-order valence-corrected chi connectivity index (χ4v) is 2.08. The first-order valence-electron chi connectivity index (χ1n) is 6.40. The van der Waals surface area contributed by atoms with Gasteiger partial charge in [0.25, 0.3) is 0 Å². The van der Waals surface area contributed by atoms with Gasteiger partial charge in [-0.3, -0.25) is 10.1 Å². The van der Waals surface area contributed by atoms with Crippen molar-refractivity contribution < 1.29 is 9.66 Å². The van der Waals surface area contributed by atoms with E-state index in [0.29, 0.717) is 12.4 Å². The van der Waals surface area contributed by atoms with E-state index < -0.39 is 4.92 Å². The van der Waals surface area contributed by atoms with Crippen LogP contribution in [-0.2, 0) is 13.0 Å². The number of alkyl halides is 1. The van der Waals surface area contributed by atoms with Crippen LogP contribution in [0.3, 0.4) is 0 Å². The van der Waals surface area contributed by atoms with E-state index in [0.717, 1.165) is 24.1 Å². The lowest BCUT2D eigenvalue weighted by Gasteiger charge is -2.04. The highest BCUT2D eigenvalue weighted by Gasteiger charge is 2.15. The summed E-state index contributed by atoms with van der Waals surface area (Å²) in [6.45, 7) is 0.415. The molecule has 0 aliphatic rings. The molecular weight excluding hydrogens is 296 g/mol. The number of rotatable bonds is 7. The van der Waals surface area contributed by atoms with Gasteiger partial charge in [-0.15, -0.1) is 16.7 Å². The minimum Gasteiger partial charge on any atom is -0.490 e. The molecule has 0 aliphatic carbocycles. The first-order valence-corrected chi connectivity index (χ1v) is 6.93. The number of ether oxygens (including phenoxy) is 1. The monoisotopic (exact) mass is 310 g/mol. The Morgan fingerprint density at radius 1 is 1.48 bits per heavy atom. The Morgan fingerprint density at radius 2 is 2.29 bits per heavy atom. The molecule has 0 spiro atoms. The van der Waals surface area contributed by atoms with Gasteiger partial charge in [-0.2, -0.15) is 0 Å². The van der Waals surface area contributed by atoms with E-state index in [1.54, 1.807) is 16.8 Å². The molecule has 112 valence electrons. The highest BCUT2D eigenvalue weighted by atomic mass is 35.5. The third-order valence-corrected chi connectivity index (χ3v) is 3.20. The van der Waals surface area contributed by atoms with Crippen LogP contribution in [0.2, 0.25) is 0 Å². The fourth-order valence-electron chi connectivity index (χ4n) is 1.94.